The highest BCUT2D eigenvalue weighted by Crippen LogP contribution is 2.32. The topological polar surface area (TPSA) is 63.3 Å². The van der Waals surface area contributed by atoms with E-state index in [1.807, 2.05) is 18.2 Å². The van der Waals surface area contributed by atoms with Gasteiger partial charge < -0.3 is 19.8 Å². The van der Waals surface area contributed by atoms with Crippen molar-refractivity contribution in [2.45, 2.75) is 38.6 Å². The third kappa shape index (κ3) is 3.14. The molecule has 0 spiro atoms. The fraction of sp³-hybridized carbons (Fsp3) is 0.500. The zero-order chi connectivity index (χ0) is 16.4. The van der Waals surface area contributed by atoms with E-state index in [0.29, 0.717) is 23.1 Å². The summed E-state index contributed by atoms with van der Waals surface area (Å²) in [6.45, 7) is 2.21. The lowest BCUT2D eigenvalue weighted by atomic mass is 9.86. The first-order valence-electron chi connectivity index (χ1n) is 8.18. The molecule has 1 fully saturated rings. The first kappa shape index (κ1) is 15.7. The van der Waals surface area contributed by atoms with Gasteiger partial charge in [0.2, 0.25) is 0 Å². The predicted molar refractivity (Wildman–Crippen MR) is 90.3 cm³/mol. The highest BCUT2D eigenvalue weighted by molar-refractivity contribution is 5.98. The highest BCUT2D eigenvalue weighted by atomic mass is 16.5. The molecule has 23 heavy (non-hydrogen) atoms. The zero-order valence-corrected chi connectivity index (χ0v) is 13.9. The lowest BCUT2D eigenvalue weighted by Gasteiger charge is -2.29. The fourth-order valence-corrected chi connectivity index (χ4v) is 3.36. The van der Waals surface area contributed by atoms with E-state index in [-0.39, 0.29) is 11.9 Å². The SMILES string of the molecule is COc1cc2cc(C(=O)N[C@@H]3CCCC[C@@H]3C)[nH]c2cc1OC. The van der Waals surface area contributed by atoms with E-state index >= 15 is 0 Å². The molecule has 2 aromatic rings. The van der Waals surface area contributed by atoms with E-state index in [4.69, 9.17) is 9.47 Å². The number of amides is 1. The molecule has 0 aliphatic heterocycles. The molecule has 5 nitrogen and oxygen atoms in total. The van der Waals surface area contributed by atoms with Crippen LogP contribution in [0.15, 0.2) is 18.2 Å². The van der Waals surface area contributed by atoms with Crippen molar-refractivity contribution in [3.63, 3.8) is 0 Å². The van der Waals surface area contributed by atoms with Gasteiger partial charge in [-0.15, -0.1) is 0 Å². The minimum Gasteiger partial charge on any atom is -0.493 e. The summed E-state index contributed by atoms with van der Waals surface area (Å²) < 4.78 is 10.6. The quantitative estimate of drug-likeness (QED) is 0.907. The number of H-pyrrole nitrogens is 1. The summed E-state index contributed by atoms with van der Waals surface area (Å²) in [7, 11) is 3.21. The van der Waals surface area contributed by atoms with Crippen molar-refractivity contribution in [3.8, 4) is 11.5 Å². The van der Waals surface area contributed by atoms with Crippen molar-refractivity contribution >= 4 is 16.8 Å². The number of methoxy groups -OCH3 is 2. The van der Waals surface area contributed by atoms with Gasteiger partial charge in [-0.25, -0.2) is 0 Å². The number of ether oxygens (including phenoxy) is 2. The van der Waals surface area contributed by atoms with Crippen molar-refractivity contribution in [3.05, 3.63) is 23.9 Å². The number of aromatic nitrogens is 1. The van der Waals surface area contributed by atoms with Gasteiger partial charge in [-0.2, -0.15) is 0 Å². The van der Waals surface area contributed by atoms with Gasteiger partial charge >= 0.3 is 0 Å². The van der Waals surface area contributed by atoms with Crippen LogP contribution in [0, 0.1) is 5.92 Å². The van der Waals surface area contributed by atoms with Gasteiger partial charge in [0.1, 0.15) is 5.69 Å². The monoisotopic (exact) mass is 316 g/mol. The van der Waals surface area contributed by atoms with E-state index in [9.17, 15) is 4.79 Å². The lowest BCUT2D eigenvalue weighted by Crippen LogP contribution is -2.41. The minimum absolute atomic E-state index is 0.0436. The van der Waals surface area contributed by atoms with Crippen LogP contribution in [0.25, 0.3) is 10.9 Å². The maximum Gasteiger partial charge on any atom is 0.267 e. The van der Waals surface area contributed by atoms with Crippen LogP contribution in [0.4, 0.5) is 0 Å². The summed E-state index contributed by atoms with van der Waals surface area (Å²) in [5, 5.41) is 4.11. The summed E-state index contributed by atoms with van der Waals surface area (Å²) in [5.41, 5.74) is 1.44. The standard InChI is InChI=1S/C18H24N2O3/c1-11-6-4-5-7-13(11)20-18(21)15-8-12-9-16(22-2)17(23-3)10-14(12)19-15/h8-11,13,19H,4-7H2,1-3H3,(H,20,21)/t11-,13+/m0/s1. The van der Waals surface area contributed by atoms with Crippen molar-refractivity contribution < 1.29 is 14.3 Å². The van der Waals surface area contributed by atoms with Crippen LogP contribution in [0.1, 0.15) is 43.1 Å². The van der Waals surface area contributed by atoms with Gasteiger partial charge in [0.15, 0.2) is 11.5 Å². The Morgan fingerprint density at radius 3 is 2.52 bits per heavy atom. The molecule has 1 aliphatic rings. The van der Waals surface area contributed by atoms with E-state index in [0.717, 1.165) is 17.3 Å². The van der Waals surface area contributed by atoms with Gasteiger partial charge in [-0.1, -0.05) is 19.8 Å². The van der Waals surface area contributed by atoms with Crippen LogP contribution in [-0.4, -0.2) is 31.2 Å². The number of carbonyl (C=O) groups excluding carboxylic acids is 1. The van der Waals surface area contributed by atoms with E-state index in [1.165, 1.54) is 19.3 Å². The number of hydrogen-bond donors (Lipinski definition) is 2. The second-order valence-electron chi connectivity index (χ2n) is 6.32. The number of benzene rings is 1. The van der Waals surface area contributed by atoms with Crippen LogP contribution < -0.4 is 14.8 Å². The van der Waals surface area contributed by atoms with Crippen molar-refractivity contribution in [2.24, 2.45) is 5.92 Å². The number of hydrogen-bond acceptors (Lipinski definition) is 3. The molecule has 5 heteroatoms. The van der Waals surface area contributed by atoms with Crippen LogP contribution >= 0.6 is 0 Å². The molecule has 1 aromatic heterocycles. The molecular weight excluding hydrogens is 292 g/mol. The Morgan fingerprint density at radius 1 is 1.13 bits per heavy atom. The summed E-state index contributed by atoms with van der Waals surface area (Å²) >= 11 is 0. The largest absolute Gasteiger partial charge is 0.493 e. The predicted octanol–water partition coefficient (Wildman–Crippen LogP) is 3.49. The second kappa shape index (κ2) is 6.52. The molecule has 1 heterocycles. The van der Waals surface area contributed by atoms with Gasteiger partial charge in [0.05, 0.1) is 14.2 Å². The first-order chi connectivity index (χ1) is 11.1. The molecule has 0 saturated heterocycles. The van der Waals surface area contributed by atoms with Crippen molar-refractivity contribution in [1.29, 1.82) is 0 Å². The third-order valence-corrected chi connectivity index (χ3v) is 4.80. The van der Waals surface area contributed by atoms with Crippen molar-refractivity contribution in [2.75, 3.05) is 14.2 Å². The normalized spacial score (nSPS) is 21.2. The fourth-order valence-electron chi connectivity index (χ4n) is 3.36. The number of aromatic amines is 1. The number of rotatable bonds is 4. The molecule has 1 saturated carbocycles. The van der Waals surface area contributed by atoms with Gasteiger partial charge in [-0.05, 0) is 30.9 Å². The Hall–Kier alpha value is -2.17. The smallest absolute Gasteiger partial charge is 0.267 e. The molecular formula is C18H24N2O3. The Balaban J connectivity index is 1.83. The van der Waals surface area contributed by atoms with Gasteiger partial charge in [0, 0.05) is 23.0 Å². The molecule has 0 bridgehead atoms. The summed E-state index contributed by atoms with van der Waals surface area (Å²) in [6.07, 6.45) is 4.71. The van der Waals surface area contributed by atoms with Gasteiger partial charge in [-0.3, -0.25) is 4.79 Å². The van der Waals surface area contributed by atoms with Crippen LogP contribution in [0.2, 0.25) is 0 Å². The molecule has 2 N–H and O–H groups in total. The Kier molecular flexibility index (Phi) is 4.46. The summed E-state index contributed by atoms with van der Waals surface area (Å²) in [5.74, 6) is 1.80. The number of fused-ring (bicyclic) bond motifs is 1. The van der Waals surface area contributed by atoms with Crippen LogP contribution in [-0.2, 0) is 0 Å². The van der Waals surface area contributed by atoms with E-state index in [1.54, 1.807) is 14.2 Å². The molecule has 0 radical (unpaired) electrons. The van der Waals surface area contributed by atoms with Gasteiger partial charge in [0.25, 0.3) is 5.91 Å². The minimum atomic E-state index is -0.0436. The molecule has 1 amide bonds. The highest BCUT2D eigenvalue weighted by Gasteiger charge is 2.24. The summed E-state index contributed by atoms with van der Waals surface area (Å²) in [6, 6.07) is 5.87. The maximum absolute atomic E-state index is 12.5. The lowest BCUT2D eigenvalue weighted by molar-refractivity contribution is 0.0906. The van der Waals surface area contributed by atoms with E-state index < -0.39 is 0 Å². The Morgan fingerprint density at radius 2 is 1.83 bits per heavy atom. The van der Waals surface area contributed by atoms with Crippen LogP contribution in [0.5, 0.6) is 11.5 Å². The molecule has 0 unspecified atom stereocenters. The number of carbonyl (C=O) groups is 1. The van der Waals surface area contributed by atoms with Crippen LogP contribution in [0.3, 0.4) is 0 Å². The summed E-state index contributed by atoms with van der Waals surface area (Å²) in [4.78, 5) is 15.7. The molecule has 1 aliphatic carbocycles. The molecule has 1 aromatic carbocycles. The maximum atomic E-state index is 12.5. The zero-order valence-electron chi connectivity index (χ0n) is 13.9. The molecule has 124 valence electrons. The average molecular weight is 316 g/mol. The average Bonchev–Trinajstić information content (AvgIpc) is 2.98. The number of nitrogens with one attached hydrogen (secondary N) is 2. The molecule has 2 atom stereocenters. The van der Waals surface area contributed by atoms with Crippen molar-refractivity contribution in [1.82, 2.24) is 10.3 Å². The second-order valence-corrected chi connectivity index (χ2v) is 6.32. The third-order valence-electron chi connectivity index (χ3n) is 4.80. The molecule has 3 rings (SSSR count). The Labute approximate surface area is 136 Å². The Bertz CT molecular complexity index is 667. The first-order valence-corrected chi connectivity index (χ1v) is 8.18. The van der Waals surface area contributed by atoms with E-state index in [2.05, 4.69) is 17.2 Å².